The Morgan fingerprint density at radius 2 is 1.96 bits per heavy atom. The lowest BCUT2D eigenvalue weighted by Crippen LogP contribution is -2.28. The number of ether oxygens (including phenoxy) is 1. The smallest absolute Gasteiger partial charge is 0.316 e. The van der Waals surface area contributed by atoms with Gasteiger partial charge in [0.2, 0.25) is 5.91 Å². The fraction of sp³-hybridized carbons (Fsp3) is 0.391. The average Bonchev–Trinajstić information content (AvgIpc) is 3.05. The third-order valence-electron chi connectivity index (χ3n) is 5.39. The van der Waals surface area contributed by atoms with E-state index in [1.165, 1.54) is 0 Å². The molecule has 0 radical (unpaired) electrons. The van der Waals surface area contributed by atoms with Gasteiger partial charge < -0.3 is 9.64 Å². The molecule has 2 atom stereocenters. The Morgan fingerprint density at radius 1 is 1.22 bits per heavy atom. The number of nitrogens with zero attached hydrogens (tertiary/aromatic N) is 1. The summed E-state index contributed by atoms with van der Waals surface area (Å²) in [5.74, 6) is 0.121. The molecule has 0 N–H and O–H groups in total. The van der Waals surface area contributed by atoms with Crippen LogP contribution < -0.4 is 9.64 Å². The quantitative estimate of drug-likeness (QED) is 0.566. The van der Waals surface area contributed by atoms with Crippen molar-refractivity contribution in [1.82, 2.24) is 0 Å². The topological polar surface area (TPSA) is 46.6 Å². The molecule has 1 fully saturated rings. The largest absolute Gasteiger partial charge is 0.426 e. The van der Waals surface area contributed by atoms with Crippen LogP contribution in [0.3, 0.4) is 0 Å². The first-order valence-corrected chi connectivity index (χ1v) is 9.59. The van der Waals surface area contributed by atoms with E-state index >= 15 is 0 Å². The van der Waals surface area contributed by atoms with Crippen molar-refractivity contribution in [1.29, 1.82) is 0 Å². The van der Waals surface area contributed by atoms with Crippen LogP contribution >= 0.6 is 0 Å². The summed E-state index contributed by atoms with van der Waals surface area (Å²) in [6, 6.07) is 13.7. The van der Waals surface area contributed by atoms with Crippen molar-refractivity contribution >= 4 is 17.6 Å². The van der Waals surface area contributed by atoms with Gasteiger partial charge in [-0.25, -0.2) is 0 Å². The molecular formula is C23H27NO3. The highest BCUT2D eigenvalue weighted by Crippen LogP contribution is 2.32. The minimum atomic E-state index is -0.442. The van der Waals surface area contributed by atoms with Gasteiger partial charge in [0.25, 0.3) is 0 Å². The first kappa shape index (κ1) is 19.2. The van der Waals surface area contributed by atoms with Crippen molar-refractivity contribution in [3.8, 4) is 5.75 Å². The van der Waals surface area contributed by atoms with Gasteiger partial charge in [-0.05, 0) is 55.0 Å². The van der Waals surface area contributed by atoms with Gasteiger partial charge >= 0.3 is 5.97 Å². The maximum atomic E-state index is 12.8. The highest BCUT2D eigenvalue weighted by molar-refractivity contribution is 6.00. The van der Waals surface area contributed by atoms with Crippen molar-refractivity contribution in [2.45, 2.75) is 46.5 Å². The summed E-state index contributed by atoms with van der Waals surface area (Å²) in [7, 11) is 0. The van der Waals surface area contributed by atoms with Crippen molar-refractivity contribution in [2.75, 3.05) is 11.4 Å². The van der Waals surface area contributed by atoms with E-state index in [1.54, 1.807) is 4.90 Å². The molecule has 1 amide bonds. The lowest BCUT2D eigenvalue weighted by molar-refractivity contribution is -0.139. The highest BCUT2D eigenvalue weighted by atomic mass is 16.5. The summed E-state index contributed by atoms with van der Waals surface area (Å²) in [4.78, 5) is 27.0. The predicted molar refractivity (Wildman–Crippen MR) is 107 cm³/mol. The molecule has 3 rings (SSSR count). The molecule has 27 heavy (non-hydrogen) atoms. The average molecular weight is 365 g/mol. The molecule has 0 unspecified atom stereocenters. The number of esters is 1. The molecule has 0 aliphatic carbocycles. The Kier molecular flexibility index (Phi) is 5.64. The molecule has 0 aromatic heterocycles. The number of carbonyl (C=O) groups excluding carboxylic acids is 2. The van der Waals surface area contributed by atoms with Crippen LogP contribution in [-0.2, 0) is 9.59 Å². The third kappa shape index (κ3) is 4.05. The summed E-state index contributed by atoms with van der Waals surface area (Å²) in [5, 5.41) is 0. The summed E-state index contributed by atoms with van der Waals surface area (Å²) < 4.78 is 5.72. The number of hydrogen-bond donors (Lipinski definition) is 0. The Hall–Kier alpha value is -2.62. The van der Waals surface area contributed by atoms with Crippen LogP contribution in [0.1, 0.15) is 49.3 Å². The van der Waals surface area contributed by atoms with Gasteiger partial charge in [-0.3, -0.25) is 9.59 Å². The van der Waals surface area contributed by atoms with Crippen LogP contribution in [0.15, 0.2) is 42.5 Å². The van der Waals surface area contributed by atoms with Crippen LogP contribution in [0.2, 0.25) is 0 Å². The van der Waals surface area contributed by atoms with Crippen LogP contribution in [0.4, 0.5) is 5.69 Å². The molecule has 0 saturated carbocycles. The summed E-state index contributed by atoms with van der Waals surface area (Å²) in [6.07, 6.45) is 1.16. The molecule has 0 spiro atoms. The van der Waals surface area contributed by atoms with Crippen LogP contribution in [-0.4, -0.2) is 18.4 Å². The summed E-state index contributed by atoms with van der Waals surface area (Å²) >= 11 is 0. The van der Waals surface area contributed by atoms with Crippen LogP contribution in [0.5, 0.6) is 5.75 Å². The molecule has 1 saturated heterocycles. The van der Waals surface area contributed by atoms with Crippen molar-refractivity contribution in [3.05, 3.63) is 59.2 Å². The maximum absolute atomic E-state index is 12.8. The van der Waals surface area contributed by atoms with E-state index < -0.39 is 5.92 Å². The minimum Gasteiger partial charge on any atom is -0.426 e. The normalized spacial score (nSPS) is 17.9. The Labute approximate surface area is 161 Å². The van der Waals surface area contributed by atoms with Gasteiger partial charge in [0, 0.05) is 18.7 Å². The molecule has 2 aromatic rings. The monoisotopic (exact) mass is 365 g/mol. The second-order valence-electron chi connectivity index (χ2n) is 7.46. The van der Waals surface area contributed by atoms with Gasteiger partial charge in [0.05, 0.1) is 5.92 Å². The number of amides is 1. The van der Waals surface area contributed by atoms with E-state index in [4.69, 9.17) is 4.74 Å². The van der Waals surface area contributed by atoms with E-state index in [9.17, 15) is 9.59 Å². The molecule has 0 bridgehead atoms. The van der Waals surface area contributed by atoms with E-state index in [0.29, 0.717) is 18.2 Å². The predicted octanol–water partition coefficient (Wildman–Crippen LogP) is 4.78. The zero-order chi connectivity index (χ0) is 19.6. The van der Waals surface area contributed by atoms with Crippen molar-refractivity contribution in [2.24, 2.45) is 5.92 Å². The molecule has 4 heteroatoms. The Balaban J connectivity index is 1.76. The molecular weight excluding hydrogens is 338 g/mol. The second-order valence-corrected chi connectivity index (χ2v) is 7.46. The maximum Gasteiger partial charge on any atom is 0.316 e. The van der Waals surface area contributed by atoms with Gasteiger partial charge in [0.15, 0.2) is 0 Å². The minimum absolute atomic E-state index is 0.0270. The fourth-order valence-electron chi connectivity index (χ4n) is 3.50. The SMILES string of the molecule is CC[C@@H](C)c1ccccc1OC(=O)[C@@H]1CC(=O)N(c2cc(C)ccc2C)C1. The van der Waals surface area contributed by atoms with E-state index in [0.717, 1.165) is 28.8 Å². The summed E-state index contributed by atoms with van der Waals surface area (Å²) in [6.45, 7) is 8.58. The number of para-hydroxylation sites is 1. The number of benzene rings is 2. The van der Waals surface area contributed by atoms with Crippen LogP contribution in [0.25, 0.3) is 0 Å². The van der Waals surface area contributed by atoms with E-state index in [2.05, 4.69) is 13.8 Å². The molecule has 2 aromatic carbocycles. The molecule has 1 aliphatic rings. The Bertz CT molecular complexity index is 858. The number of aryl methyl sites for hydroxylation is 2. The molecule has 142 valence electrons. The van der Waals surface area contributed by atoms with Crippen LogP contribution in [0, 0.1) is 19.8 Å². The van der Waals surface area contributed by atoms with Gasteiger partial charge in [-0.1, -0.05) is 44.2 Å². The molecule has 1 aliphatic heterocycles. The first-order valence-electron chi connectivity index (χ1n) is 9.59. The highest BCUT2D eigenvalue weighted by Gasteiger charge is 2.37. The lowest BCUT2D eigenvalue weighted by Gasteiger charge is -2.20. The second kappa shape index (κ2) is 7.95. The number of anilines is 1. The van der Waals surface area contributed by atoms with Gasteiger partial charge in [-0.15, -0.1) is 0 Å². The zero-order valence-corrected chi connectivity index (χ0v) is 16.5. The van der Waals surface area contributed by atoms with Crippen molar-refractivity contribution in [3.63, 3.8) is 0 Å². The van der Waals surface area contributed by atoms with E-state index in [1.807, 2.05) is 56.3 Å². The van der Waals surface area contributed by atoms with E-state index in [-0.39, 0.29) is 18.3 Å². The van der Waals surface area contributed by atoms with Gasteiger partial charge in [-0.2, -0.15) is 0 Å². The summed E-state index contributed by atoms with van der Waals surface area (Å²) in [5.41, 5.74) is 4.04. The molecule has 1 heterocycles. The zero-order valence-electron chi connectivity index (χ0n) is 16.5. The Morgan fingerprint density at radius 3 is 2.70 bits per heavy atom. The number of hydrogen-bond acceptors (Lipinski definition) is 3. The van der Waals surface area contributed by atoms with Gasteiger partial charge in [0.1, 0.15) is 5.75 Å². The lowest BCUT2D eigenvalue weighted by atomic mass is 9.98. The third-order valence-corrected chi connectivity index (χ3v) is 5.39. The standard InChI is InChI=1S/C23H27NO3/c1-5-16(3)19-8-6-7-9-21(19)27-23(26)18-13-22(25)24(14-18)20-12-15(2)10-11-17(20)4/h6-12,16,18H,5,13-14H2,1-4H3/t16-,18-/m1/s1. The molecule has 4 nitrogen and oxygen atoms in total. The number of carbonyl (C=O) groups is 2. The van der Waals surface area contributed by atoms with Crippen molar-refractivity contribution < 1.29 is 14.3 Å². The first-order chi connectivity index (χ1) is 12.9. The number of rotatable bonds is 5. The fourth-order valence-corrected chi connectivity index (χ4v) is 3.50.